The van der Waals surface area contributed by atoms with E-state index in [0.29, 0.717) is 0 Å². The zero-order valence-electron chi connectivity index (χ0n) is 14.4. The van der Waals surface area contributed by atoms with E-state index in [0.717, 1.165) is 0 Å². The fraction of sp³-hybridized carbons (Fsp3) is 0.938. The van der Waals surface area contributed by atoms with E-state index in [-0.39, 0.29) is 18.9 Å². The minimum atomic E-state index is -0.839. The maximum Gasteiger partial charge on any atom is 1.00 e. The van der Waals surface area contributed by atoms with Crippen LogP contribution in [-0.2, 0) is 0 Å². The Bertz CT molecular complexity index is 136. The van der Waals surface area contributed by atoms with Gasteiger partial charge in [0.2, 0.25) is 0 Å². The van der Waals surface area contributed by atoms with Crippen molar-refractivity contribution in [2.24, 2.45) is 0 Å². The Balaban J connectivity index is 0. The average Bonchev–Trinajstić information content (AvgIpc) is 2.49. The van der Waals surface area contributed by atoms with Crippen molar-refractivity contribution in [2.45, 2.75) is 79.0 Å². The summed E-state index contributed by atoms with van der Waals surface area (Å²) < 4.78 is 5.04. The number of thioether (sulfide) groups is 2. The summed E-state index contributed by atoms with van der Waals surface area (Å²) in [5.74, 6) is 2.68. The Kier molecular flexibility index (Phi) is 25.7. The molecule has 0 aliphatic carbocycles. The van der Waals surface area contributed by atoms with Gasteiger partial charge in [-0.1, -0.05) is 0 Å². The van der Waals surface area contributed by atoms with Gasteiger partial charge < -0.3 is 23.5 Å². The molecule has 0 unspecified atom stereocenters. The van der Waals surface area contributed by atoms with Gasteiger partial charge in [-0.2, -0.15) is 0 Å². The Morgan fingerprint density at radius 1 is 0.800 bits per heavy atom. The van der Waals surface area contributed by atoms with E-state index in [1.807, 2.05) is 23.5 Å². The van der Waals surface area contributed by atoms with E-state index < -0.39 is 19.8 Å². The molecule has 0 nitrogen and oxygen atoms in total. The van der Waals surface area contributed by atoms with Gasteiger partial charge in [0.1, 0.15) is 0 Å². The van der Waals surface area contributed by atoms with Crippen LogP contribution in [0.15, 0.2) is 0 Å². The second-order valence-electron chi connectivity index (χ2n) is 5.25. The quantitative estimate of drug-likeness (QED) is 0.414. The van der Waals surface area contributed by atoms with E-state index >= 15 is 0 Å². The summed E-state index contributed by atoms with van der Waals surface area (Å²) in [5.41, 5.74) is 0. The molecule has 0 N–H and O–H groups in total. The molecule has 1 aliphatic heterocycles. The van der Waals surface area contributed by atoms with E-state index in [4.69, 9.17) is 0 Å². The second-order valence-corrected chi connectivity index (χ2v) is 16.1. The van der Waals surface area contributed by atoms with Crippen molar-refractivity contribution >= 4 is 43.3 Å². The first-order valence-electron chi connectivity index (χ1n) is 8.23. The molecule has 1 rings (SSSR count). The summed E-state index contributed by atoms with van der Waals surface area (Å²) in [6.07, 6.45) is 10.2. The molecule has 1 saturated heterocycles. The molecule has 0 aromatic carbocycles. The van der Waals surface area contributed by atoms with Crippen molar-refractivity contribution < 1.29 is 18.9 Å². The van der Waals surface area contributed by atoms with Gasteiger partial charge in [0.15, 0.2) is 0 Å². The number of hydrogen-bond acceptors (Lipinski definition) is 2. The first kappa shape index (κ1) is 24.3. The van der Waals surface area contributed by atoms with Crippen molar-refractivity contribution in [3.8, 4) is 0 Å². The predicted molar refractivity (Wildman–Crippen MR) is 98.7 cm³/mol. The summed E-state index contributed by atoms with van der Waals surface area (Å²) in [6.45, 7) is 7.00. The van der Waals surface area contributed by atoms with Crippen LogP contribution in [0, 0.1) is 5.08 Å². The summed E-state index contributed by atoms with van der Waals surface area (Å²) in [6, 6.07) is 0. The fourth-order valence-electron chi connectivity index (χ4n) is 2.03. The van der Waals surface area contributed by atoms with E-state index in [2.05, 4.69) is 25.9 Å². The first-order chi connectivity index (χ1) is 9.35. The summed E-state index contributed by atoms with van der Waals surface area (Å²) >= 11 is 3.03. The molecule has 0 atom stereocenters. The van der Waals surface area contributed by atoms with E-state index in [9.17, 15) is 0 Å². The van der Waals surface area contributed by atoms with E-state index in [1.165, 1.54) is 56.5 Å². The third kappa shape index (κ3) is 18.1. The van der Waals surface area contributed by atoms with Gasteiger partial charge in [-0.3, -0.25) is 0 Å². The molecular weight excluding hydrogens is 382 g/mol. The normalized spacial score (nSPS) is 14.4. The molecule has 1 aliphatic rings. The van der Waals surface area contributed by atoms with Crippen LogP contribution < -0.4 is 18.9 Å². The molecule has 0 bridgehead atoms. The van der Waals surface area contributed by atoms with Gasteiger partial charge in [0, 0.05) is 0 Å². The Morgan fingerprint density at radius 3 is 1.40 bits per heavy atom. The Labute approximate surface area is 156 Å². The van der Waals surface area contributed by atoms with Crippen molar-refractivity contribution in [3.05, 3.63) is 5.08 Å². The molecule has 0 aromatic heterocycles. The van der Waals surface area contributed by atoms with Crippen LogP contribution in [0.5, 0.6) is 0 Å². The van der Waals surface area contributed by atoms with Gasteiger partial charge >= 0.3 is 111 Å². The van der Waals surface area contributed by atoms with Crippen molar-refractivity contribution in [2.75, 3.05) is 11.5 Å². The monoisotopic (exact) mass is 417 g/mol. The molecule has 20 heavy (non-hydrogen) atoms. The third-order valence-corrected chi connectivity index (χ3v) is 14.5. The molecule has 0 saturated carbocycles. The summed E-state index contributed by atoms with van der Waals surface area (Å²) in [7, 11) is 0. The topological polar surface area (TPSA) is 0 Å². The molecule has 0 spiro atoms. The van der Waals surface area contributed by atoms with Crippen LogP contribution in [0.4, 0.5) is 0 Å². The van der Waals surface area contributed by atoms with Crippen LogP contribution in [0.2, 0.25) is 13.3 Å². The van der Waals surface area contributed by atoms with Crippen LogP contribution in [0.25, 0.3) is 0 Å². The zero-order chi connectivity index (χ0) is 14.2. The molecule has 0 amide bonds. The number of rotatable bonds is 9. The van der Waals surface area contributed by atoms with Crippen LogP contribution in [0.1, 0.15) is 65.7 Å². The molecule has 1 fully saturated rings. The Hall–Kier alpha value is 2.10. The van der Waals surface area contributed by atoms with Gasteiger partial charge in [0.05, 0.1) is 0 Å². The predicted octanol–water partition coefficient (Wildman–Crippen LogP) is 3.86. The maximum absolute atomic E-state index is 2.33. The maximum atomic E-state index is 2.33. The first-order valence-corrected chi connectivity index (χ1v) is 16.4. The molecule has 115 valence electrons. The SMILES string of the molecule is CCC[CH2][Sn]([CH2]CCC)[CH2]CCC.[CH-]1SCCCS1.[Li+]. The fourth-order valence-corrected chi connectivity index (χ4v) is 13.4. The summed E-state index contributed by atoms with van der Waals surface area (Å²) in [4.78, 5) is 0. The molecule has 1 radical (unpaired) electrons. The Morgan fingerprint density at radius 2 is 1.20 bits per heavy atom. The standard InChI is InChI=1S/C4H7S2.3C4H9.Li.Sn/c1-2-5-4-6-3-1;3*1-3-4-2;;/h4H,1-3H2;3*1,3-4H2,2H3;;/q-1;;;;+1;. The van der Waals surface area contributed by atoms with E-state index in [1.54, 1.807) is 13.3 Å². The van der Waals surface area contributed by atoms with Crippen LogP contribution in [0.3, 0.4) is 0 Å². The molecule has 0 aromatic rings. The third-order valence-electron chi connectivity index (χ3n) is 3.31. The number of hydrogen-bond donors (Lipinski definition) is 0. The molecular formula is C16H34LiS2Sn. The van der Waals surface area contributed by atoms with Crippen molar-refractivity contribution in [1.82, 2.24) is 0 Å². The molecule has 4 heteroatoms. The number of unbranched alkanes of at least 4 members (excludes halogenated alkanes) is 3. The molecule has 1 heterocycles. The smallest absolute Gasteiger partial charge is 0.341 e. The zero-order valence-corrected chi connectivity index (χ0v) is 18.9. The second kappa shape index (κ2) is 21.1. The average molecular weight is 416 g/mol. The minimum Gasteiger partial charge on any atom is -0.341 e. The van der Waals surface area contributed by atoms with Crippen LogP contribution in [-0.4, -0.2) is 31.3 Å². The summed E-state index contributed by atoms with van der Waals surface area (Å²) in [5, 5.41) is 2.23. The van der Waals surface area contributed by atoms with Crippen molar-refractivity contribution in [3.63, 3.8) is 0 Å². The van der Waals surface area contributed by atoms with Gasteiger partial charge in [-0.05, 0) is 17.9 Å². The minimum absolute atomic E-state index is 0. The van der Waals surface area contributed by atoms with Gasteiger partial charge in [-0.25, -0.2) is 5.08 Å². The van der Waals surface area contributed by atoms with Gasteiger partial charge in [-0.15, -0.1) is 0 Å². The van der Waals surface area contributed by atoms with Crippen molar-refractivity contribution in [1.29, 1.82) is 0 Å². The van der Waals surface area contributed by atoms with Gasteiger partial charge in [0.25, 0.3) is 0 Å². The largest absolute Gasteiger partial charge is 1.00 e. The van der Waals surface area contributed by atoms with Crippen LogP contribution >= 0.6 is 23.5 Å².